The van der Waals surface area contributed by atoms with E-state index in [0.717, 1.165) is 11.8 Å². The summed E-state index contributed by atoms with van der Waals surface area (Å²) in [6.45, 7) is 2.01. The van der Waals surface area contributed by atoms with Crippen molar-refractivity contribution in [2.75, 3.05) is 5.75 Å². The highest BCUT2D eigenvalue weighted by atomic mass is 32.2. The van der Waals surface area contributed by atoms with Gasteiger partial charge in [-0.1, -0.05) is 6.92 Å². The van der Waals surface area contributed by atoms with Gasteiger partial charge in [-0.15, -0.1) is 0 Å². The zero-order chi connectivity index (χ0) is 8.97. The average Bonchev–Trinajstić information content (AvgIpc) is 1.99. The molecule has 0 bridgehead atoms. The first-order valence-electron chi connectivity index (χ1n) is 3.75. The molecule has 0 atom stereocenters. The van der Waals surface area contributed by atoms with Crippen molar-refractivity contribution in [3.05, 3.63) is 35.4 Å². The summed E-state index contributed by atoms with van der Waals surface area (Å²) in [5.41, 5.74) is 0.708. The van der Waals surface area contributed by atoms with Gasteiger partial charge < -0.3 is 0 Å². The molecule has 0 aliphatic carbocycles. The van der Waals surface area contributed by atoms with Crippen molar-refractivity contribution < 1.29 is 8.78 Å². The lowest BCUT2D eigenvalue weighted by molar-refractivity contribution is 0.581. The summed E-state index contributed by atoms with van der Waals surface area (Å²) in [4.78, 5) is 0. The summed E-state index contributed by atoms with van der Waals surface area (Å²) < 4.78 is 25.2. The highest BCUT2D eigenvalue weighted by Gasteiger charge is 1.99. The van der Waals surface area contributed by atoms with Crippen LogP contribution in [0, 0.1) is 11.6 Å². The molecule has 0 radical (unpaired) electrons. The Labute approximate surface area is 75.0 Å². The molecule has 1 aromatic rings. The van der Waals surface area contributed by atoms with Crippen LogP contribution in [0.15, 0.2) is 18.2 Å². The van der Waals surface area contributed by atoms with Crippen molar-refractivity contribution >= 4 is 11.8 Å². The van der Waals surface area contributed by atoms with Crippen LogP contribution in [-0.4, -0.2) is 5.75 Å². The lowest BCUT2D eigenvalue weighted by Crippen LogP contribution is -1.86. The number of benzene rings is 1. The maximum absolute atomic E-state index is 12.6. The molecule has 0 nitrogen and oxygen atoms in total. The number of thioether (sulfide) groups is 1. The van der Waals surface area contributed by atoms with Gasteiger partial charge in [-0.25, -0.2) is 8.78 Å². The molecule has 0 aliphatic heterocycles. The Morgan fingerprint density at radius 1 is 1.17 bits per heavy atom. The van der Waals surface area contributed by atoms with Gasteiger partial charge >= 0.3 is 0 Å². The Hall–Kier alpha value is -0.570. The van der Waals surface area contributed by atoms with E-state index in [-0.39, 0.29) is 0 Å². The highest BCUT2D eigenvalue weighted by molar-refractivity contribution is 7.98. The molecule has 1 rings (SSSR count). The summed E-state index contributed by atoms with van der Waals surface area (Å²) in [5, 5.41) is 0. The predicted molar refractivity (Wildman–Crippen MR) is 48.2 cm³/mol. The first-order chi connectivity index (χ1) is 5.72. The van der Waals surface area contributed by atoms with E-state index in [1.54, 1.807) is 11.8 Å². The van der Waals surface area contributed by atoms with Crippen molar-refractivity contribution in [1.29, 1.82) is 0 Å². The molecule has 0 saturated carbocycles. The largest absolute Gasteiger partial charge is 0.207 e. The first kappa shape index (κ1) is 9.52. The van der Waals surface area contributed by atoms with Crippen LogP contribution >= 0.6 is 11.8 Å². The molecule has 1 aromatic carbocycles. The minimum absolute atomic E-state index is 0.498. The summed E-state index contributed by atoms with van der Waals surface area (Å²) in [5.74, 6) is 0.631. The fraction of sp³-hybridized carbons (Fsp3) is 0.333. The van der Waals surface area contributed by atoms with Gasteiger partial charge in [0.05, 0.1) is 0 Å². The maximum atomic E-state index is 12.6. The van der Waals surface area contributed by atoms with Crippen molar-refractivity contribution in [1.82, 2.24) is 0 Å². The second-order valence-electron chi connectivity index (χ2n) is 2.41. The number of hydrogen-bond donors (Lipinski definition) is 0. The average molecular weight is 188 g/mol. The molecule has 0 heterocycles. The van der Waals surface area contributed by atoms with E-state index in [9.17, 15) is 8.78 Å². The van der Waals surface area contributed by atoms with Crippen LogP contribution in [0.1, 0.15) is 12.5 Å². The van der Waals surface area contributed by atoms with Gasteiger partial charge in [0.25, 0.3) is 0 Å². The van der Waals surface area contributed by atoms with Gasteiger partial charge in [-0.3, -0.25) is 0 Å². The van der Waals surface area contributed by atoms with E-state index in [1.165, 1.54) is 12.1 Å². The monoisotopic (exact) mass is 188 g/mol. The predicted octanol–water partition coefficient (Wildman–Crippen LogP) is 3.22. The normalized spacial score (nSPS) is 10.2. The maximum Gasteiger partial charge on any atom is 0.126 e. The lowest BCUT2D eigenvalue weighted by Gasteiger charge is -1.99. The Morgan fingerprint density at radius 3 is 2.25 bits per heavy atom. The zero-order valence-electron chi connectivity index (χ0n) is 6.81. The Balaban J connectivity index is 2.72. The second kappa shape index (κ2) is 4.45. The Kier molecular flexibility index (Phi) is 3.53. The molecule has 0 unspecified atom stereocenters. The van der Waals surface area contributed by atoms with Crippen molar-refractivity contribution in [2.24, 2.45) is 0 Å². The van der Waals surface area contributed by atoms with Crippen molar-refractivity contribution in [3.8, 4) is 0 Å². The quantitative estimate of drug-likeness (QED) is 0.701. The minimum Gasteiger partial charge on any atom is -0.207 e. The summed E-state index contributed by atoms with van der Waals surface area (Å²) >= 11 is 1.65. The van der Waals surface area contributed by atoms with Crippen LogP contribution in [-0.2, 0) is 5.75 Å². The van der Waals surface area contributed by atoms with Crippen LogP contribution in [0.3, 0.4) is 0 Å². The van der Waals surface area contributed by atoms with E-state index in [1.807, 2.05) is 6.92 Å². The van der Waals surface area contributed by atoms with Crippen LogP contribution in [0.5, 0.6) is 0 Å². The lowest BCUT2D eigenvalue weighted by atomic mass is 10.2. The van der Waals surface area contributed by atoms with Crippen molar-refractivity contribution in [2.45, 2.75) is 12.7 Å². The smallest absolute Gasteiger partial charge is 0.126 e. The number of halogens is 2. The third kappa shape index (κ3) is 2.81. The molecular weight excluding hydrogens is 178 g/mol. The Bertz CT molecular complexity index is 240. The van der Waals surface area contributed by atoms with Crippen molar-refractivity contribution in [3.63, 3.8) is 0 Å². The summed E-state index contributed by atoms with van der Waals surface area (Å²) in [6, 6.07) is 3.62. The molecule has 66 valence electrons. The van der Waals surface area contributed by atoms with Gasteiger partial charge in [0.2, 0.25) is 0 Å². The molecule has 12 heavy (non-hydrogen) atoms. The molecule has 0 saturated heterocycles. The van der Waals surface area contributed by atoms with Gasteiger partial charge in [0, 0.05) is 11.8 Å². The fourth-order valence-electron chi connectivity index (χ4n) is 0.914. The molecule has 0 aromatic heterocycles. The fourth-order valence-corrected chi connectivity index (χ4v) is 1.52. The molecule has 0 N–H and O–H groups in total. The third-order valence-electron chi connectivity index (χ3n) is 1.40. The minimum atomic E-state index is -0.498. The van der Waals surface area contributed by atoms with E-state index in [2.05, 4.69) is 0 Å². The van der Waals surface area contributed by atoms with Gasteiger partial charge in [-0.05, 0) is 23.4 Å². The van der Waals surface area contributed by atoms with Gasteiger partial charge in [-0.2, -0.15) is 11.8 Å². The van der Waals surface area contributed by atoms with Crippen LogP contribution in [0.2, 0.25) is 0 Å². The van der Waals surface area contributed by atoms with Crippen LogP contribution in [0.4, 0.5) is 8.78 Å². The molecule has 0 amide bonds. The third-order valence-corrected chi connectivity index (χ3v) is 2.34. The summed E-state index contributed by atoms with van der Waals surface area (Å²) in [6.07, 6.45) is 0. The molecule has 0 spiro atoms. The SMILES string of the molecule is CCSCc1cc(F)cc(F)c1. The van der Waals surface area contributed by atoms with Gasteiger partial charge in [0.15, 0.2) is 0 Å². The van der Waals surface area contributed by atoms with E-state index < -0.39 is 11.6 Å². The zero-order valence-corrected chi connectivity index (χ0v) is 7.63. The van der Waals surface area contributed by atoms with Crippen LogP contribution in [0.25, 0.3) is 0 Å². The van der Waals surface area contributed by atoms with Crippen LogP contribution < -0.4 is 0 Å². The highest BCUT2D eigenvalue weighted by Crippen LogP contribution is 2.14. The van der Waals surface area contributed by atoms with E-state index in [0.29, 0.717) is 11.3 Å². The summed E-state index contributed by atoms with van der Waals surface area (Å²) in [7, 11) is 0. The molecule has 3 heteroatoms. The number of rotatable bonds is 3. The molecule has 0 fully saturated rings. The number of hydrogen-bond acceptors (Lipinski definition) is 1. The first-order valence-corrected chi connectivity index (χ1v) is 4.90. The second-order valence-corrected chi connectivity index (χ2v) is 3.69. The molecule has 0 aliphatic rings. The standard InChI is InChI=1S/C9H10F2S/c1-2-12-6-7-3-8(10)5-9(11)4-7/h3-5H,2,6H2,1H3. The van der Waals surface area contributed by atoms with E-state index in [4.69, 9.17) is 0 Å². The molecular formula is C9H10F2S. The Morgan fingerprint density at radius 2 is 1.75 bits per heavy atom. The van der Waals surface area contributed by atoms with E-state index >= 15 is 0 Å². The van der Waals surface area contributed by atoms with Gasteiger partial charge in [0.1, 0.15) is 11.6 Å². The topological polar surface area (TPSA) is 0 Å².